The molecule has 1 spiro atoms. The summed E-state index contributed by atoms with van der Waals surface area (Å²) in [6, 6.07) is 10.6. The maximum Gasteiger partial charge on any atom is 0.410 e. The van der Waals surface area contributed by atoms with Crippen molar-refractivity contribution in [3.05, 3.63) is 35.9 Å². The average molecular weight is 458 g/mol. The van der Waals surface area contributed by atoms with E-state index in [4.69, 9.17) is 4.74 Å². The second-order valence-electron chi connectivity index (χ2n) is 10.9. The van der Waals surface area contributed by atoms with Crippen LogP contribution in [0.3, 0.4) is 0 Å². The van der Waals surface area contributed by atoms with E-state index in [1.807, 2.05) is 32.7 Å². The number of nitrogens with one attached hydrogen (secondary N) is 1. The topological polar surface area (TPSA) is 68.4 Å². The smallest absolute Gasteiger partial charge is 0.410 e. The van der Waals surface area contributed by atoms with Gasteiger partial charge in [-0.05, 0) is 53.3 Å². The number of carbonyl (C=O) groups excluding carboxylic acids is 2. The van der Waals surface area contributed by atoms with Gasteiger partial charge >= 0.3 is 6.09 Å². The summed E-state index contributed by atoms with van der Waals surface area (Å²) >= 11 is 0. The van der Waals surface area contributed by atoms with E-state index >= 15 is 0 Å². The van der Waals surface area contributed by atoms with Crippen molar-refractivity contribution in [2.75, 3.05) is 53.4 Å². The van der Waals surface area contributed by atoms with E-state index in [1.54, 1.807) is 4.90 Å². The van der Waals surface area contributed by atoms with Gasteiger partial charge in [0.05, 0.1) is 6.54 Å². The van der Waals surface area contributed by atoms with Crippen LogP contribution in [0.5, 0.6) is 0 Å². The lowest BCUT2D eigenvalue weighted by Crippen LogP contribution is -2.71. The van der Waals surface area contributed by atoms with Gasteiger partial charge in [-0.2, -0.15) is 0 Å². The Morgan fingerprint density at radius 2 is 1.79 bits per heavy atom. The number of likely N-dealkylation sites (tertiary alicyclic amines) is 1. The zero-order valence-electron chi connectivity index (χ0n) is 20.8. The molecule has 3 saturated heterocycles. The zero-order chi connectivity index (χ0) is 23.9. The number of ether oxygens (including phenoxy) is 1. The fourth-order valence-corrected chi connectivity index (χ4v) is 5.76. The molecule has 3 aliphatic heterocycles. The van der Waals surface area contributed by atoms with Crippen molar-refractivity contribution in [2.24, 2.45) is 0 Å². The molecule has 4 rings (SSSR count). The summed E-state index contributed by atoms with van der Waals surface area (Å²) in [6.07, 6.45) is 1.58. The summed E-state index contributed by atoms with van der Waals surface area (Å²) in [6.45, 7) is 10.3. The maximum atomic E-state index is 13.3. The molecule has 0 radical (unpaired) electrons. The third-order valence-corrected chi connectivity index (χ3v) is 7.51. The fraction of sp³-hybridized carbons (Fsp3) is 0.680. The van der Waals surface area contributed by atoms with E-state index in [2.05, 4.69) is 52.5 Å². The SMILES string of the molecule is CNCC12CN(C(=O)OC(C)(C)C)CC(=O)N1CC1(CCN(Cc3ccccc3)CC1)N2C. The molecule has 0 bridgehead atoms. The lowest BCUT2D eigenvalue weighted by atomic mass is 9.86. The van der Waals surface area contributed by atoms with E-state index < -0.39 is 17.4 Å². The third kappa shape index (κ3) is 4.61. The number of fused-ring (bicyclic) bond motifs is 1. The molecule has 1 aromatic rings. The molecular formula is C25H39N5O3. The Kier molecular flexibility index (Phi) is 6.46. The summed E-state index contributed by atoms with van der Waals surface area (Å²) in [7, 11) is 4.04. The Morgan fingerprint density at radius 1 is 1.12 bits per heavy atom. The van der Waals surface area contributed by atoms with E-state index in [0.717, 1.165) is 32.5 Å². The van der Waals surface area contributed by atoms with Crippen molar-refractivity contribution in [2.45, 2.75) is 57.0 Å². The van der Waals surface area contributed by atoms with Gasteiger partial charge in [0.15, 0.2) is 0 Å². The highest BCUT2D eigenvalue weighted by Crippen LogP contribution is 2.44. The minimum Gasteiger partial charge on any atom is -0.444 e. The quantitative estimate of drug-likeness (QED) is 0.746. The van der Waals surface area contributed by atoms with Crippen LogP contribution in [0.1, 0.15) is 39.2 Å². The van der Waals surface area contributed by atoms with Crippen LogP contribution in [0, 0.1) is 0 Å². The first-order chi connectivity index (χ1) is 15.6. The second kappa shape index (κ2) is 8.89. The number of rotatable bonds is 4. The Hall–Kier alpha value is -2.16. The first-order valence-corrected chi connectivity index (χ1v) is 12.0. The molecule has 8 nitrogen and oxygen atoms in total. The van der Waals surface area contributed by atoms with Gasteiger partial charge in [-0.1, -0.05) is 30.3 Å². The second-order valence-corrected chi connectivity index (χ2v) is 10.9. The molecule has 2 amide bonds. The minimum atomic E-state index is -0.595. The van der Waals surface area contributed by atoms with Crippen LogP contribution >= 0.6 is 0 Å². The summed E-state index contributed by atoms with van der Waals surface area (Å²) in [5.74, 6) is -0.00204. The van der Waals surface area contributed by atoms with E-state index in [1.165, 1.54) is 5.56 Å². The molecule has 0 aliphatic carbocycles. The number of likely N-dealkylation sites (N-methyl/N-ethyl adjacent to an activating group) is 2. The minimum absolute atomic E-state index is 0.00204. The van der Waals surface area contributed by atoms with Crippen LogP contribution < -0.4 is 5.32 Å². The summed E-state index contributed by atoms with van der Waals surface area (Å²) in [5.41, 5.74) is 0.0918. The standard InChI is InChI=1S/C25H39N5O3/c1-23(2,3)33-22(32)29-16-21(31)30-18-24(27(5)25(30,19-29)17-26-4)11-13-28(14-12-24)15-20-9-7-6-8-10-20/h6-10,26H,11-19H2,1-5H3. The van der Waals surface area contributed by atoms with Crippen LogP contribution in [-0.2, 0) is 16.1 Å². The highest BCUT2D eigenvalue weighted by molar-refractivity contribution is 5.85. The number of hydrogen-bond acceptors (Lipinski definition) is 6. The number of hydrogen-bond donors (Lipinski definition) is 1. The maximum absolute atomic E-state index is 13.3. The number of piperidine rings is 1. The molecule has 0 saturated carbocycles. The molecule has 0 aromatic heterocycles. The molecule has 33 heavy (non-hydrogen) atoms. The van der Waals surface area contributed by atoms with Crippen LogP contribution in [0.15, 0.2) is 30.3 Å². The fourth-order valence-electron chi connectivity index (χ4n) is 5.76. The van der Waals surface area contributed by atoms with Crippen molar-refractivity contribution >= 4 is 12.0 Å². The van der Waals surface area contributed by atoms with Gasteiger partial charge in [0.1, 0.15) is 17.8 Å². The monoisotopic (exact) mass is 457 g/mol. The molecule has 3 heterocycles. The van der Waals surface area contributed by atoms with Crippen LogP contribution in [-0.4, -0.2) is 102 Å². The molecule has 3 aliphatic rings. The number of amides is 2. The van der Waals surface area contributed by atoms with E-state index in [9.17, 15) is 9.59 Å². The highest BCUT2D eigenvalue weighted by atomic mass is 16.6. The molecule has 8 heteroatoms. The van der Waals surface area contributed by atoms with Crippen molar-refractivity contribution < 1.29 is 14.3 Å². The lowest BCUT2D eigenvalue weighted by molar-refractivity contribution is -0.149. The molecule has 1 atom stereocenters. The Balaban J connectivity index is 1.51. The van der Waals surface area contributed by atoms with Gasteiger partial charge in [-0.3, -0.25) is 19.5 Å². The van der Waals surface area contributed by atoms with Gasteiger partial charge in [-0.25, -0.2) is 4.79 Å². The van der Waals surface area contributed by atoms with E-state index in [0.29, 0.717) is 19.6 Å². The van der Waals surface area contributed by atoms with Gasteiger partial charge < -0.3 is 15.0 Å². The number of piperazine rings is 1. The van der Waals surface area contributed by atoms with Gasteiger partial charge in [-0.15, -0.1) is 0 Å². The number of carbonyl (C=O) groups is 2. The third-order valence-electron chi connectivity index (χ3n) is 7.51. The molecular weight excluding hydrogens is 418 g/mol. The van der Waals surface area contributed by atoms with Crippen LogP contribution in [0.4, 0.5) is 4.79 Å². The first-order valence-electron chi connectivity index (χ1n) is 12.0. The van der Waals surface area contributed by atoms with Crippen molar-refractivity contribution in [1.29, 1.82) is 0 Å². The largest absolute Gasteiger partial charge is 0.444 e. The molecule has 182 valence electrons. The van der Waals surface area contributed by atoms with Crippen molar-refractivity contribution in [3.8, 4) is 0 Å². The van der Waals surface area contributed by atoms with Gasteiger partial charge in [0.25, 0.3) is 0 Å². The Morgan fingerprint density at radius 3 is 2.39 bits per heavy atom. The number of benzene rings is 1. The highest BCUT2D eigenvalue weighted by Gasteiger charge is 2.62. The first kappa shape index (κ1) is 24.0. The summed E-state index contributed by atoms with van der Waals surface area (Å²) < 4.78 is 5.61. The normalized spacial score (nSPS) is 26.0. The van der Waals surface area contributed by atoms with E-state index in [-0.39, 0.29) is 18.0 Å². The predicted octanol–water partition coefficient (Wildman–Crippen LogP) is 1.96. The molecule has 1 aromatic carbocycles. The summed E-state index contributed by atoms with van der Waals surface area (Å²) in [4.78, 5) is 34.7. The average Bonchev–Trinajstić information content (AvgIpc) is 2.99. The van der Waals surface area contributed by atoms with Crippen LogP contribution in [0.25, 0.3) is 0 Å². The Labute approximate surface area is 197 Å². The number of nitrogens with zero attached hydrogens (tertiary/aromatic N) is 4. The molecule has 1 unspecified atom stereocenters. The molecule has 3 fully saturated rings. The van der Waals surface area contributed by atoms with Gasteiger partial charge in [0.2, 0.25) is 5.91 Å². The summed E-state index contributed by atoms with van der Waals surface area (Å²) in [5, 5.41) is 3.30. The molecule has 1 N–H and O–H groups in total. The zero-order valence-corrected chi connectivity index (χ0v) is 20.8. The van der Waals surface area contributed by atoms with Gasteiger partial charge in [0, 0.05) is 38.3 Å². The Bertz CT molecular complexity index is 863. The van der Waals surface area contributed by atoms with Crippen LogP contribution in [0.2, 0.25) is 0 Å². The van der Waals surface area contributed by atoms with Crippen molar-refractivity contribution in [3.63, 3.8) is 0 Å². The predicted molar refractivity (Wildman–Crippen MR) is 128 cm³/mol. The lowest BCUT2D eigenvalue weighted by Gasteiger charge is -2.51. The van der Waals surface area contributed by atoms with Crippen molar-refractivity contribution in [1.82, 2.24) is 24.9 Å².